The van der Waals surface area contributed by atoms with E-state index in [-0.39, 0.29) is 12.4 Å². The maximum absolute atomic E-state index is 13.5. The quantitative estimate of drug-likeness (QED) is 0.267. The molecule has 6 rings (SSSR count). The number of halogens is 2. The first-order valence-corrected chi connectivity index (χ1v) is 14.1. The molecule has 0 spiro atoms. The first-order valence-electron chi connectivity index (χ1n) is 13.7. The molecule has 0 amide bonds. The summed E-state index contributed by atoms with van der Waals surface area (Å²) in [6, 6.07) is 14.8. The number of anilines is 1. The van der Waals surface area contributed by atoms with Crippen LogP contribution in [0.25, 0.3) is 22.0 Å². The van der Waals surface area contributed by atoms with E-state index < -0.39 is 0 Å². The van der Waals surface area contributed by atoms with Crippen LogP contribution in [0.3, 0.4) is 0 Å². The summed E-state index contributed by atoms with van der Waals surface area (Å²) in [7, 11) is 0. The summed E-state index contributed by atoms with van der Waals surface area (Å²) in [6.07, 6.45) is 9.17. The van der Waals surface area contributed by atoms with Gasteiger partial charge in [-0.3, -0.25) is 4.90 Å². The van der Waals surface area contributed by atoms with Gasteiger partial charge in [0.05, 0.1) is 10.5 Å². The van der Waals surface area contributed by atoms with Gasteiger partial charge >= 0.3 is 0 Å². The van der Waals surface area contributed by atoms with Gasteiger partial charge in [-0.25, -0.2) is 14.4 Å². The van der Waals surface area contributed by atoms with Crippen LogP contribution >= 0.6 is 11.6 Å². The molecule has 0 atom stereocenters. The number of fused-ring (bicyclic) bond motifs is 1. The second kappa shape index (κ2) is 12.2. The van der Waals surface area contributed by atoms with Crippen LogP contribution in [0.4, 0.5) is 10.2 Å². The van der Waals surface area contributed by atoms with Crippen LogP contribution in [-0.2, 0) is 17.9 Å². The van der Waals surface area contributed by atoms with E-state index in [1.54, 1.807) is 12.4 Å². The fraction of sp³-hybridized carbons (Fsp3) is 0.290. The summed E-state index contributed by atoms with van der Waals surface area (Å²) in [5, 5.41) is 8.36. The molecule has 2 aromatic heterocycles. The number of rotatable bonds is 9. The number of hydrogen-bond donors (Lipinski definition) is 2. The second-order valence-corrected chi connectivity index (χ2v) is 10.6. The highest BCUT2D eigenvalue weighted by atomic mass is 35.5. The Hall–Kier alpha value is -3.72. The minimum absolute atomic E-state index is 0.275. The highest BCUT2D eigenvalue weighted by Gasteiger charge is 2.16. The Morgan fingerprint density at radius 1 is 1.00 bits per heavy atom. The monoisotopic (exact) mass is 558 g/mol. The maximum Gasteiger partial charge on any atom is 0.141 e. The van der Waals surface area contributed by atoms with Gasteiger partial charge in [0.2, 0.25) is 0 Å². The van der Waals surface area contributed by atoms with E-state index >= 15 is 0 Å². The molecular formula is C31H32ClFN6O. The number of nitrogens with zero attached hydrogens (tertiary/aromatic N) is 4. The third-order valence-corrected chi connectivity index (χ3v) is 7.69. The molecular weight excluding hydrogens is 527 g/mol. The fourth-order valence-corrected chi connectivity index (χ4v) is 5.42. The zero-order valence-corrected chi connectivity index (χ0v) is 23.0. The van der Waals surface area contributed by atoms with E-state index in [0.717, 1.165) is 79.2 Å². The molecule has 40 heavy (non-hydrogen) atoms. The summed E-state index contributed by atoms with van der Waals surface area (Å²) in [4.78, 5) is 11.5. The Morgan fingerprint density at radius 2 is 1.90 bits per heavy atom. The van der Waals surface area contributed by atoms with E-state index in [9.17, 15) is 4.39 Å². The number of benzene rings is 2. The Labute approximate surface area is 238 Å². The normalized spacial score (nSPS) is 16.3. The Balaban J connectivity index is 1.15. The van der Waals surface area contributed by atoms with Gasteiger partial charge in [-0.2, -0.15) is 0 Å². The number of ether oxygens (including phenoxy) is 1. The summed E-state index contributed by atoms with van der Waals surface area (Å²) < 4.78 is 21.6. The Bertz CT molecular complexity index is 1560. The molecule has 1 saturated heterocycles. The number of aromatic nitrogens is 3. The van der Waals surface area contributed by atoms with Gasteiger partial charge in [-0.05, 0) is 59.5 Å². The lowest BCUT2D eigenvalue weighted by Crippen LogP contribution is -2.44. The van der Waals surface area contributed by atoms with Crippen molar-refractivity contribution < 1.29 is 9.13 Å². The summed E-state index contributed by atoms with van der Waals surface area (Å²) in [5.41, 5.74) is 4.88. The van der Waals surface area contributed by atoms with Crippen molar-refractivity contribution in [3.8, 4) is 11.1 Å². The molecule has 7 nitrogen and oxygen atoms in total. The summed E-state index contributed by atoms with van der Waals surface area (Å²) in [5.74, 6) is 1.16. The minimum atomic E-state index is -0.278. The highest BCUT2D eigenvalue weighted by molar-refractivity contribution is 6.31. The number of allylic oxidation sites excluding steroid dienone is 4. The third kappa shape index (κ3) is 6.36. The zero-order chi connectivity index (χ0) is 27.3. The predicted octanol–water partition coefficient (Wildman–Crippen LogP) is 5.90. The summed E-state index contributed by atoms with van der Waals surface area (Å²) in [6.45, 7) is 6.65. The van der Waals surface area contributed by atoms with Crippen LogP contribution in [0, 0.1) is 5.82 Å². The molecule has 9 heteroatoms. The van der Waals surface area contributed by atoms with Crippen LogP contribution in [0.5, 0.6) is 0 Å². The molecule has 0 radical (unpaired) electrons. The molecule has 0 saturated carbocycles. The van der Waals surface area contributed by atoms with Crippen LogP contribution in [0.1, 0.15) is 18.4 Å². The van der Waals surface area contributed by atoms with Gasteiger partial charge in [-0.15, -0.1) is 0 Å². The first kappa shape index (κ1) is 26.5. The minimum Gasteiger partial charge on any atom is -0.492 e. The van der Waals surface area contributed by atoms with Crippen LogP contribution in [0.15, 0.2) is 89.8 Å². The van der Waals surface area contributed by atoms with Crippen LogP contribution in [0.2, 0.25) is 0 Å². The van der Waals surface area contributed by atoms with Gasteiger partial charge in [0.25, 0.3) is 0 Å². The van der Waals surface area contributed by atoms with E-state index in [1.165, 1.54) is 17.7 Å². The molecule has 2 aromatic carbocycles. The number of nitrogens with one attached hydrogen (secondary N) is 2. The van der Waals surface area contributed by atoms with Gasteiger partial charge in [0, 0.05) is 69.2 Å². The lowest BCUT2D eigenvalue weighted by atomic mass is 10.1. The van der Waals surface area contributed by atoms with Crippen molar-refractivity contribution in [2.75, 3.05) is 38.0 Å². The lowest BCUT2D eigenvalue weighted by molar-refractivity contribution is 0.186. The summed E-state index contributed by atoms with van der Waals surface area (Å²) >= 11 is 6.57. The molecule has 2 N–H and O–H groups in total. The van der Waals surface area contributed by atoms with Crippen molar-refractivity contribution in [1.82, 2.24) is 24.8 Å². The molecule has 1 fully saturated rings. The zero-order valence-electron chi connectivity index (χ0n) is 22.2. The molecule has 1 aliphatic heterocycles. The average Bonchev–Trinajstić information content (AvgIpc) is 3.45. The van der Waals surface area contributed by atoms with Crippen LogP contribution in [-0.4, -0.2) is 52.2 Å². The number of piperazine rings is 1. The SMILES string of the molecule is Fc1cccc(COC2=C(Cl)C=C(Nc3ncnc4ccc(-c5ccn(CCN6CCNCC6)c5)cc34)CC2)c1. The van der Waals surface area contributed by atoms with Gasteiger partial charge in [0.1, 0.15) is 30.3 Å². The van der Waals surface area contributed by atoms with Crippen molar-refractivity contribution >= 4 is 28.3 Å². The van der Waals surface area contributed by atoms with Gasteiger partial charge < -0.3 is 19.9 Å². The van der Waals surface area contributed by atoms with Crippen molar-refractivity contribution in [3.05, 3.63) is 101 Å². The Morgan fingerprint density at radius 3 is 2.75 bits per heavy atom. The first-order chi connectivity index (χ1) is 19.6. The van der Waals surface area contributed by atoms with E-state index in [1.807, 2.05) is 18.2 Å². The van der Waals surface area contributed by atoms with Gasteiger partial charge in [-0.1, -0.05) is 29.8 Å². The highest BCUT2D eigenvalue weighted by Crippen LogP contribution is 2.32. The fourth-order valence-electron chi connectivity index (χ4n) is 5.14. The molecule has 3 heterocycles. The van der Waals surface area contributed by atoms with Crippen molar-refractivity contribution in [3.63, 3.8) is 0 Å². The van der Waals surface area contributed by atoms with E-state index in [2.05, 4.69) is 60.7 Å². The smallest absolute Gasteiger partial charge is 0.141 e. The van der Waals surface area contributed by atoms with E-state index in [4.69, 9.17) is 16.3 Å². The average molecular weight is 559 g/mol. The van der Waals surface area contributed by atoms with E-state index in [0.29, 0.717) is 17.2 Å². The van der Waals surface area contributed by atoms with Crippen molar-refractivity contribution in [2.24, 2.45) is 0 Å². The number of hydrogen-bond acceptors (Lipinski definition) is 6. The molecule has 0 unspecified atom stereocenters. The topological polar surface area (TPSA) is 67.2 Å². The largest absolute Gasteiger partial charge is 0.492 e. The maximum atomic E-state index is 13.5. The molecule has 206 valence electrons. The third-order valence-electron chi connectivity index (χ3n) is 7.37. The Kier molecular flexibility index (Phi) is 8.09. The molecule has 0 bridgehead atoms. The molecule has 2 aliphatic rings. The van der Waals surface area contributed by atoms with Crippen molar-refractivity contribution in [1.29, 1.82) is 0 Å². The predicted molar refractivity (Wildman–Crippen MR) is 157 cm³/mol. The standard InChI is InChI=1S/C31H32ClFN6O/c32-28-18-26(5-7-30(28)40-20-22-2-1-3-25(33)16-22)37-31-27-17-23(4-6-29(27)35-21-36-31)24-8-11-39(19-24)15-14-38-12-9-34-10-13-38/h1-4,6,8,11,16-19,21,34H,5,7,9-10,12-15,20H2,(H,35,36,37). The van der Waals surface area contributed by atoms with Crippen molar-refractivity contribution in [2.45, 2.75) is 26.0 Å². The van der Waals surface area contributed by atoms with Crippen LogP contribution < -0.4 is 10.6 Å². The lowest BCUT2D eigenvalue weighted by Gasteiger charge is -2.27. The second-order valence-electron chi connectivity index (χ2n) is 10.2. The molecule has 4 aromatic rings. The van der Waals surface area contributed by atoms with Gasteiger partial charge in [0.15, 0.2) is 0 Å². The molecule has 1 aliphatic carbocycles.